The third kappa shape index (κ3) is 3.23. The van der Waals surface area contributed by atoms with Gasteiger partial charge in [0.25, 0.3) is 0 Å². The summed E-state index contributed by atoms with van der Waals surface area (Å²) in [6.45, 7) is 1.75. The van der Waals surface area contributed by atoms with Gasteiger partial charge >= 0.3 is 0 Å². The van der Waals surface area contributed by atoms with Crippen LogP contribution in [0.1, 0.15) is 11.3 Å². The molecule has 0 radical (unpaired) electrons. The average molecular weight is 305 g/mol. The normalized spacial score (nSPS) is 12.1. The van der Waals surface area contributed by atoms with Crippen molar-refractivity contribution in [2.75, 3.05) is 0 Å². The van der Waals surface area contributed by atoms with E-state index in [-0.39, 0.29) is 5.82 Å². The zero-order valence-corrected chi connectivity index (χ0v) is 12.8. The maximum absolute atomic E-state index is 13.7. The first kappa shape index (κ1) is 15.2. The molecule has 0 fully saturated rings. The van der Waals surface area contributed by atoms with Gasteiger partial charge in [0, 0.05) is 17.5 Å². The van der Waals surface area contributed by atoms with E-state index in [1.165, 1.54) is 0 Å². The Balaban J connectivity index is 1.98. The van der Waals surface area contributed by atoms with Gasteiger partial charge in [0.1, 0.15) is 11.9 Å². The summed E-state index contributed by atoms with van der Waals surface area (Å²) < 4.78 is 13.7. The Kier molecular flexibility index (Phi) is 4.10. The van der Waals surface area contributed by atoms with Crippen LogP contribution >= 0.6 is 0 Å². The molecule has 1 aromatic heterocycles. The predicted molar refractivity (Wildman–Crippen MR) is 90.4 cm³/mol. The van der Waals surface area contributed by atoms with Crippen molar-refractivity contribution in [1.82, 2.24) is 4.98 Å². The highest BCUT2D eigenvalue weighted by Gasteiger charge is 2.06. The van der Waals surface area contributed by atoms with Gasteiger partial charge in [-0.2, -0.15) is 0 Å². The summed E-state index contributed by atoms with van der Waals surface area (Å²) in [5.41, 5.74) is 3.98. The SMILES string of the molecule is C#CC(O)Cc1ccc2cc(-c3ccc(C)c(F)c3)ccc2n1. The molecule has 3 rings (SSSR count). The quantitative estimate of drug-likeness (QED) is 0.745. The van der Waals surface area contributed by atoms with Crippen LogP contribution < -0.4 is 0 Å². The second-order valence-corrected chi connectivity index (χ2v) is 5.56. The van der Waals surface area contributed by atoms with Crippen molar-refractivity contribution >= 4 is 10.9 Å². The molecule has 1 N–H and O–H groups in total. The largest absolute Gasteiger partial charge is 0.380 e. The van der Waals surface area contributed by atoms with Crippen LogP contribution in [-0.2, 0) is 6.42 Å². The third-order valence-corrected chi connectivity index (χ3v) is 3.85. The predicted octanol–water partition coefficient (Wildman–Crippen LogP) is 3.89. The highest BCUT2D eigenvalue weighted by atomic mass is 19.1. The molecule has 0 spiro atoms. The maximum Gasteiger partial charge on any atom is 0.126 e. The monoisotopic (exact) mass is 305 g/mol. The molecule has 0 saturated heterocycles. The number of aromatic nitrogens is 1. The molecule has 2 nitrogen and oxygen atoms in total. The van der Waals surface area contributed by atoms with Gasteiger partial charge < -0.3 is 5.11 Å². The first-order valence-corrected chi connectivity index (χ1v) is 7.37. The van der Waals surface area contributed by atoms with Gasteiger partial charge in [0.2, 0.25) is 0 Å². The third-order valence-electron chi connectivity index (χ3n) is 3.85. The molecular weight excluding hydrogens is 289 g/mol. The van der Waals surface area contributed by atoms with Gasteiger partial charge in [-0.25, -0.2) is 4.39 Å². The summed E-state index contributed by atoms with van der Waals surface area (Å²) in [7, 11) is 0. The number of fused-ring (bicyclic) bond motifs is 1. The Morgan fingerprint density at radius 3 is 2.61 bits per heavy atom. The minimum atomic E-state index is -0.824. The van der Waals surface area contributed by atoms with E-state index in [0.717, 1.165) is 27.7 Å². The topological polar surface area (TPSA) is 33.1 Å². The fourth-order valence-corrected chi connectivity index (χ4v) is 2.49. The number of halogens is 1. The molecule has 0 aliphatic rings. The highest BCUT2D eigenvalue weighted by molar-refractivity contribution is 5.84. The Bertz CT molecular complexity index is 911. The van der Waals surface area contributed by atoms with E-state index in [2.05, 4.69) is 10.9 Å². The fourth-order valence-electron chi connectivity index (χ4n) is 2.49. The standard InChI is InChI=1S/C20H16FNO/c1-3-18(23)12-17-8-6-16-10-14(7-9-20(16)22-17)15-5-4-13(2)19(21)11-15/h1,4-11,18,23H,12H2,2H3. The van der Waals surface area contributed by atoms with Crippen molar-refractivity contribution < 1.29 is 9.50 Å². The Hall–Kier alpha value is -2.70. The van der Waals surface area contributed by atoms with E-state index in [1.54, 1.807) is 19.1 Å². The van der Waals surface area contributed by atoms with Crippen LogP contribution in [-0.4, -0.2) is 16.2 Å². The summed E-state index contributed by atoms with van der Waals surface area (Å²) in [5.74, 6) is 2.07. The summed E-state index contributed by atoms with van der Waals surface area (Å²) in [4.78, 5) is 4.50. The molecule has 0 saturated carbocycles. The zero-order chi connectivity index (χ0) is 16.4. The van der Waals surface area contributed by atoms with Gasteiger partial charge in [-0.05, 0) is 47.9 Å². The van der Waals surface area contributed by atoms with Gasteiger partial charge in [-0.1, -0.05) is 30.2 Å². The van der Waals surface area contributed by atoms with E-state index in [4.69, 9.17) is 6.42 Å². The van der Waals surface area contributed by atoms with Crippen molar-refractivity contribution in [3.05, 3.63) is 65.6 Å². The maximum atomic E-state index is 13.7. The van der Waals surface area contributed by atoms with E-state index < -0.39 is 6.10 Å². The summed E-state index contributed by atoms with van der Waals surface area (Å²) in [6.07, 6.45) is 4.69. The molecule has 1 unspecified atom stereocenters. The summed E-state index contributed by atoms with van der Waals surface area (Å²) in [6, 6.07) is 14.8. The number of aliphatic hydroxyl groups is 1. The summed E-state index contributed by atoms with van der Waals surface area (Å²) >= 11 is 0. The Labute approximate surface area is 134 Å². The fraction of sp³-hybridized carbons (Fsp3) is 0.150. The molecular formula is C20H16FNO. The molecule has 3 aromatic rings. The van der Waals surface area contributed by atoms with Crippen LogP contribution in [0.5, 0.6) is 0 Å². The molecule has 1 heterocycles. The van der Waals surface area contributed by atoms with Crippen molar-refractivity contribution in [2.45, 2.75) is 19.4 Å². The van der Waals surface area contributed by atoms with Crippen molar-refractivity contribution in [3.8, 4) is 23.5 Å². The minimum Gasteiger partial charge on any atom is -0.380 e. The van der Waals surface area contributed by atoms with Crippen LogP contribution in [0.2, 0.25) is 0 Å². The lowest BCUT2D eigenvalue weighted by Gasteiger charge is -2.08. The Morgan fingerprint density at radius 2 is 1.87 bits per heavy atom. The Morgan fingerprint density at radius 1 is 1.13 bits per heavy atom. The van der Waals surface area contributed by atoms with Crippen LogP contribution in [0.3, 0.4) is 0 Å². The molecule has 2 aromatic carbocycles. The number of rotatable bonds is 3. The molecule has 1 atom stereocenters. The minimum absolute atomic E-state index is 0.209. The lowest BCUT2D eigenvalue weighted by atomic mass is 10.0. The number of nitrogens with zero attached hydrogens (tertiary/aromatic N) is 1. The van der Waals surface area contributed by atoms with Gasteiger partial charge in [0.15, 0.2) is 0 Å². The number of aryl methyl sites for hydroxylation is 1. The molecule has 0 aliphatic carbocycles. The highest BCUT2D eigenvalue weighted by Crippen LogP contribution is 2.25. The number of pyridine rings is 1. The van der Waals surface area contributed by atoms with E-state index in [9.17, 15) is 9.50 Å². The van der Waals surface area contributed by atoms with Gasteiger partial charge in [0.05, 0.1) is 5.52 Å². The summed E-state index contributed by atoms with van der Waals surface area (Å²) in [5, 5.41) is 10.5. The smallest absolute Gasteiger partial charge is 0.126 e. The number of terminal acetylenes is 1. The second kappa shape index (κ2) is 6.20. The molecule has 114 valence electrons. The van der Waals surface area contributed by atoms with Crippen LogP contribution in [0, 0.1) is 25.1 Å². The van der Waals surface area contributed by atoms with E-state index >= 15 is 0 Å². The van der Waals surface area contributed by atoms with Crippen molar-refractivity contribution in [1.29, 1.82) is 0 Å². The molecule has 3 heteroatoms. The van der Waals surface area contributed by atoms with Crippen LogP contribution in [0.15, 0.2) is 48.5 Å². The first-order valence-electron chi connectivity index (χ1n) is 7.37. The van der Waals surface area contributed by atoms with Crippen LogP contribution in [0.25, 0.3) is 22.0 Å². The number of hydrogen-bond acceptors (Lipinski definition) is 2. The number of hydrogen-bond donors (Lipinski definition) is 1. The average Bonchev–Trinajstić information content (AvgIpc) is 2.56. The molecule has 0 aliphatic heterocycles. The van der Waals surface area contributed by atoms with Crippen molar-refractivity contribution in [2.24, 2.45) is 0 Å². The lowest BCUT2D eigenvalue weighted by molar-refractivity contribution is 0.232. The van der Waals surface area contributed by atoms with Crippen LogP contribution in [0.4, 0.5) is 4.39 Å². The van der Waals surface area contributed by atoms with E-state index in [1.807, 2.05) is 36.4 Å². The number of benzene rings is 2. The zero-order valence-electron chi connectivity index (χ0n) is 12.8. The van der Waals surface area contributed by atoms with E-state index in [0.29, 0.717) is 12.0 Å². The molecule has 23 heavy (non-hydrogen) atoms. The second-order valence-electron chi connectivity index (χ2n) is 5.56. The molecule has 0 bridgehead atoms. The lowest BCUT2D eigenvalue weighted by Crippen LogP contribution is -2.08. The van der Waals surface area contributed by atoms with Gasteiger partial charge in [-0.3, -0.25) is 4.98 Å². The first-order chi connectivity index (χ1) is 11.1. The molecule has 0 amide bonds. The van der Waals surface area contributed by atoms with Gasteiger partial charge in [-0.15, -0.1) is 6.42 Å². The van der Waals surface area contributed by atoms with Crippen molar-refractivity contribution in [3.63, 3.8) is 0 Å². The number of aliphatic hydroxyl groups excluding tert-OH is 1.